The molecule has 0 aliphatic rings. The van der Waals surface area contributed by atoms with Crippen LogP contribution in [0.3, 0.4) is 0 Å². The zero-order valence-corrected chi connectivity index (χ0v) is 5.88. The van der Waals surface area contributed by atoms with Crippen LogP contribution in [0.1, 0.15) is 0 Å². The lowest BCUT2D eigenvalue weighted by Crippen LogP contribution is -1.69. The maximum atomic E-state index is 7.02. The van der Waals surface area contributed by atoms with Crippen LogP contribution in [-0.2, 0) is 0 Å². The molecule has 0 unspecified atom stereocenters. The molecule has 0 spiro atoms. The minimum Gasteiger partial charge on any atom is -0.197 e. The Bertz CT molecular complexity index is 340. The van der Waals surface area contributed by atoms with Crippen molar-refractivity contribution in [3.05, 3.63) is 23.7 Å². The Labute approximate surface area is 63.2 Å². The van der Waals surface area contributed by atoms with Crippen molar-refractivity contribution in [1.82, 2.24) is 15.4 Å². The molecule has 10 heavy (non-hydrogen) atoms. The summed E-state index contributed by atoms with van der Waals surface area (Å²) in [5.41, 5.74) is 0.759. The smallest absolute Gasteiger partial charge is 0.197 e. The van der Waals surface area contributed by atoms with Gasteiger partial charge in [0.15, 0.2) is 0 Å². The van der Waals surface area contributed by atoms with Crippen LogP contribution < -0.4 is 0 Å². The third-order valence-electron chi connectivity index (χ3n) is 1.16. The molecule has 0 saturated heterocycles. The van der Waals surface area contributed by atoms with E-state index in [2.05, 4.69) is 10.2 Å². The van der Waals surface area contributed by atoms with Crippen molar-refractivity contribution in [3.63, 3.8) is 0 Å². The lowest BCUT2D eigenvalue weighted by Gasteiger charge is -1.81. The first kappa shape index (κ1) is 4.62. The van der Waals surface area contributed by atoms with Crippen LogP contribution in [0.15, 0.2) is 23.7 Å². The van der Waals surface area contributed by atoms with Crippen molar-refractivity contribution in [2.75, 3.05) is 0 Å². The van der Waals surface area contributed by atoms with Crippen LogP contribution in [0.5, 0.6) is 0 Å². The van der Waals surface area contributed by atoms with Crippen LogP contribution in [0.2, 0.25) is 1.41 Å². The predicted molar refractivity (Wildman–Crippen MR) is 39.7 cm³/mol. The van der Waals surface area contributed by atoms with E-state index in [1.165, 1.54) is 0 Å². The maximum Gasteiger partial charge on any atom is 0.214 e. The van der Waals surface area contributed by atoms with Crippen molar-refractivity contribution in [2.24, 2.45) is 0 Å². The molecule has 0 fully saturated rings. The van der Waals surface area contributed by atoms with E-state index in [-0.39, 0.29) is 0 Å². The first-order chi connectivity index (χ1) is 5.36. The number of nitrogens with zero attached hydrogens (tertiary/aromatic N) is 2. The van der Waals surface area contributed by atoms with Gasteiger partial charge >= 0.3 is 0 Å². The van der Waals surface area contributed by atoms with E-state index in [0.29, 0.717) is 0 Å². The average molecular weight is 152 g/mol. The second-order valence-corrected chi connectivity index (χ2v) is 2.74. The molecule has 0 atom stereocenters. The van der Waals surface area contributed by atoms with Gasteiger partial charge in [-0.25, -0.2) is 0 Å². The molecule has 2 heterocycles. The van der Waals surface area contributed by atoms with Crippen LogP contribution in [0.4, 0.5) is 0 Å². The van der Waals surface area contributed by atoms with Gasteiger partial charge in [-0.3, -0.25) is 0 Å². The summed E-state index contributed by atoms with van der Waals surface area (Å²) in [6.45, 7) is 0. The fourth-order valence-corrected chi connectivity index (χ4v) is 1.39. The largest absolute Gasteiger partial charge is 0.214 e. The minimum absolute atomic E-state index is 0.759. The van der Waals surface area contributed by atoms with Gasteiger partial charge in [-0.15, -0.1) is 11.3 Å². The molecular formula is C6H5N3S. The van der Waals surface area contributed by atoms with Gasteiger partial charge in [0, 0.05) is 0 Å². The Balaban J connectivity index is 2.45. The van der Waals surface area contributed by atoms with Gasteiger partial charge < -0.3 is 0 Å². The molecule has 0 amide bonds. The van der Waals surface area contributed by atoms with Crippen molar-refractivity contribution in [3.8, 4) is 10.6 Å². The van der Waals surface area contributed by atoms with Crippen LogP contribution in [0.25, 0.3) is 10.6 Å². The molecule has 2 rings (SSSR count). The molecule has 2 aromatic rings. The van der Waals surface area contributed by atoms with Gasteiger partial charge in [0.25, 0.3) is 0 Å². The molecular weight excluding hydrogens is 146 g/mol. The van der Waals surface area contributed by atoms with Gasteiger partial charge in [-0.05, 0) is 11.4 Å². The summed E-state index contributed by atoms with van der Waals surface area (Å²) in [6, 6.07) is 3.90. The minimum atomic E-state index is 0.759. The highest BCUT2D eigenvalue weighted by Gasteiger charge is 1.98. The van der Waals surface area contributed by atoms with Crippen LogP contribution >= 0.6 is 11.3 Å². The Morgan fingerprint density at radius 1 is 1.70 bits per heavy atom. The number of hydrogen-bond donors (Lipinski definition) is 1. The van der Waals surface area contributed by atoms with E-state index in [9.17, 15) is 0 Å². The molecule has 0 aliphatic carbocycles. The van der Waals surface area contributed by atoms with E-state index in [0.717, 1.165) is 15.8 Å². The predicted octanol–water partition coefficient (Wildman–Crippen LogP) is 1.53. The average Bonchev–Trinajstić information content (AvgIpc) is 2.55. The summed E-state index contributed by atoms with van der Waals surface area (Å²) in [5, 5.41) is 10.3. The van der Waals surface area contributed by atoms with Gasteiger partial charge in [0.1, 0.15) is 5.69 Å². The number of nitrogens with one attached hydrogen (secondary N) is 1. The number of H-pyrrole nitrogens is 1. The third-order valence-corrected chi connectivity index (χ3v) is 2.05. The number of thiophene rings is 1. The Hall–Kier alpha value is -1.16. The number of hydrogen-bond acceptors (Lipinski definition) is 3. The molecule has 1 N–H and O–H groups in total. The normalized spacial score (nSPS) is 11.4. The highest BCUT2D eigenvalue weighted by Crippen LogP contribution is 2.20. The van der Waals surface area contributed by atoms with E-state index in [1.54, 1.807) is 17.5 Å². The maximum absolute atomic E-state index is 7.02. The van der Waals surface area contributed by atoms with Gasteiger partial charge in [-0.1, -0.05) is 6.07 Å². The second-order valence-electron chi connectivity index (χ2n) is 1.80. The molecule has 2 aromatic heterocycles. The molecule has 0 aromatic carbocycles. The fourth-order valence-electron chi connectivity index (χ4n) is 0.718. The van der Waals surface area contributed by atoms with Crippen LogP contribution in [0, 0.1) is 0 Å². The molecule has 0 aliphatic heterocycles. The molecule has 0 radical (unpaired) electrons. The number of aromatic amines is 1. The second kappa shape index (κ2) is 2.22. The van der Waals surface area contributed by atoms with Crippen molar-refractivity contribution >= 4 is 11.3 Å². The highest BCUT2D eigenvalue weighted by atomic mass is 32.1. The quantitative estimate of drug-likeness (QED) is 0.673. The van der Waals surface area contributed by atoms with Crippen molar-refractivity contribution in [2.45, 2.75) is 0 Å². The SMILES string of the molecule is [2H]n1ncc(-c2cccs2)n1. The summed E-state index contributed by atoms with van der Waals surface area (Å²) in [4.78, 5) is 1.04. The molecule has 50 valence electrons. The number of aromatic nitrogens is 3. The first-order valence-corrected chi connectivity index (χ1v) is 3.70. The third kappa shape index (κ3) is 0.823. The number of rotatable bonds is 1. The fraction of sp³-hybridized carbons (Fsp3) is 0. The van der Waals surface area contributed by atoms with Crippen molar-refractivity contribution < 1.29 is 1.41 Å². The zero-order valence-electron chi connectivity index (χ0n) is 6.06. The first-order valence-electron chi connectivity index (χ1n) is 3.26. The molecule has 0 bridgehead atoms. The Kier molecular flexibility index (Phi) is 1.03. The summed E-state index contributed by atoms with van der Waals surface area (Å²) >= 11 is 1.59. The van der Waals surface area contributed by atoms with Gasteiger partial charge in [-0.2, -0.15) is 15.4 Å². The van der Waals surface area contributed by atoms with Crippen molar-refractivity contribution in [1.29, 1.82) is 0 Å². The lowest BCUT2D eigenvalue weighted by molar-refractivity contribution is 0.942. The van der Waals surface area contributed by atoms with Crippen LogP contribution in [-0.4, -0.2) is 15.4 Å². The standard InChI is InChI=1S/C6H5N3S/c1-2-6(10-3-1)5-4-7-9-8-5/h1-4H,(H,7,8,9)/i/hD. The topological polar surface area (TPSA) is 41.6 Å². The van der Waals surface area contributed by atoms with E-state index in [4.69, 9.17) is 1.41 Å². The molecule has 4 heteroatoms. The zero-order chi connectivity index (χ0) is 7.68. The molecule has 3 nitrogen and oxygen atoms in total. The Morgan fingerprint density at radius 3 is 3.30 bits per heavy atom. The monoisotopic (exact) mass is 152 g/mol. The van der Waals surface area contributed by atoms with E-state index in [1.807, 2.05) is 17.5 Å². The summed E-state index contributed by atoms with van der Waals surface area (Å²) in [7, 11) is 0. The summed E-state index contributed by atoms with van der Waals surface area (Å²) < 4.78 is 7.02. The Morgan fingerprint density at radius 2 is 2.70 bits per heavy atom. The van der Waals surface area contributed by atoms with Gasteiger partial charge in [0.05, 0.1) is 11.1 Å². The summed E-state index contributed by atoms with van der Waals surface area (Å²) in [5.74, 6) is 0. The highest BCUT2D eigenvalue weighted by molar-refractivity contribution is 7.13. The molecule has 0 saturated carbocycles. The van der Waals surface area contributed by atoms with E-state index < -0.39 is 0 Å². The summed E-state index contributed by atoms with van der Waals surface area (Å²) in [6.07, 6.45) is 1.58. The van der Waals surface area contributed by atoms with E-state index >= 15 is 0 Å². The lowest BCUT2D eigenvalue weighted by atomic mass is 10.4. The van der Waals surface area contributed by atoms with Gasteiger partial charge in [0.2, 0.25) is 1.41 Å².